The maximum atomic E-state index is 12.8. The standard InChI is InChI=1S/C16H27N3O2/c1-18-13(20)8-10-4-6-19(7-5-10)16(21)14-11-2-3-12(9-11)15(14)17/h10-12,14-15H,2-9,17H2,1H3,(H,18,20). The Morgan fingerprint density at radius 3 is 2.38 bits per heavy atom. The third-order valence-electron chi connectivity index (χ3n) is 5.94. The lowest BCUT2D eigenvalue weighted by atomic mass is 9.83. The molecular formula is C16H27N3O2. The highest BCUT2D eigenvalue weighted by Gasteiger charge is 2.50. The molecule has 1 saturated heterocycles. The predicted octanol–water partition coefficient (Wildman–Crippen LogP) is 0.735. The molecule has 0 aromatic carbocycles. The van der Waals surface area contributed by atoms with E-state index in [4.69, 9.17) is 5.73 Å². The molecule has 4 atom stereocenters. The molecule has 3 N–H and O–H groups in total. The minimum atomic E-state index is 0.0687. The van der Waals surface area contributed by atoms with Crippen LogP contribution in [-0.2, 0) is 9.59 Å². The zero-order valence-corrected chi connectivity index (χ0v) is 12.9. The van der Waals surface area contributed by atoms with Gasteiger partial charge in [-0.1, -0.05) is 0 Å². The zero-order chi connectivity index (χ0) is 15.0. The molecule has 2 aliphatic carbocycles. The van der Waals surface area contributed by atoms with E-state index in [1.165, 1.54) is 12.8 Å². The first-order valence-electron chi connectivity index (χ1n) is 8.35. The van der Waals surface area contributed by atoms with Crippen molar-refractivity contribution in [1.82, 2.24) is 10.2 Å². The van der Waals surface area contributed by atoms with E-state index >= 15 is 0 Å². The minimum absolute atomic E-state index is 0.0687. The summed E-state index contributed by atoms with van der Waals surface area (Å²) in [4.78, 5) is 26.2. The number of nitrogens with two attached hydrogens (primary N) is 1. The van der Waals surface area contributed by atoms with E-state index in [1.807, 2.05) is 4.90 Å². The average molecular weight is 293 g/mol. The van der Waals surface area contributed by atoms with Crippen LogP contribution in [0.5, 0.6) is 0 Å². The Bertz CT molecular complexity index is 416. The Hall–Kier alpha value is -1.10. The Morgan fingerprint density at radius 1 is 1.14 bits per heavy atom. The maximum absolute atomic E-state index is 12.8. The number of hydrogen-bond acceptors (Lipinski definition) is 3. The summed E-state index contributed by atoms with van der Waals surface area (Å²) in [5.74, 6) is 1.99. The van der Waals surface area contributed by atoms with Crippen LogP contribution in [0.15, 0.2) is 0 Å². The highest BCUT2D eigenvalue weighted by Crippen LogP contribution is 2.48. The van der Waals surface area contributed by atoms with Gasteiger partial charge in [-0.05, 0) is 49.9 Å². The number of hydrogen-bond donors (Lipinski definition) is 2. The summed E-state index contributed by atoms with van der Waals surface area (Å²) in [6, 6.07) is 0.0832. The van der Waals surface area contributed by atoms with Crippen LogP contribution in [0.4, 0.5) is 0 Å². The van der Waals surface area contributed by atoms with Crippen molar-refractivity contribution in [3.05, 3.63) is 0 Å². The molecule has 0 radical (unpaired) electrons. The van der Waals surface area contributed by atoms with E-state index in [2.05, 4.69) is 5.32 Å². The first-order chi connectivity index (χ1) is 10.1. The van der Waals surface area contributed by atoms with Crippen LogP contribution in [0.25, 0.3) is 0 Å². The van der Waals surface area contributed by atoms with Crippen LogP contribution in [0.1, 0.15) is 38.5 Å². The number of nitrogens with one attached hydrogen (secondary N) is 1. The molecule has 0 aromatic rings. The van der Waals surface area contributed by atoms with Crippen molar-refractivity contribution in [2.45, 2.75) is 44.6 Å². The quantitative estimate of drug-likeness (QED) is 0.805. The Balaban J connectivity index is 1.52. The van der Waals surface area contributed by atoms with E-state index in [0.29, 0.717) is 24.2 Å². The Kier molecular flexibility index (Phi) is 4.20. The van der Waals surface area contributed by atoms with Gasteiger partial charge in [-0.3, -0.25) is 9.59 Å². The molecule has 21 heavy (non-hydrogen) atoms. The fraction of sp³-hybridized carbons (Fsp3) is 0.875. The van der Waals surface area contributed by atoms with Gasteiger partial charge >= 0.3 is 0 Å². The molecule has 3 fully saturated rings. The lowest BCUT2D eigenvalue weighted by Gasteiger charge is -2.36. The van der Waals surface area contributed by atoms with Gasteiger partial charge in [-0.15, -0.1) is 0 Å². The van der Waals surface area contributed by atoms with Gasteiger partial charge < -0.3 is 16.0 Å². The van der Waals surface area contributed by atoms with E-state index < -0.39 is 0 Å². The SMILES string of the molecule is CNC(=O)CC1CCN(C(=O)C2C3CCC(C3)C2N)CC1. The minimum Gasteiger partial charge on any atom is -0.359 e. The van der Waals surface area contributed by atoms with Gasteiger partial charge in [0.25, 0.3) is 0 Å². The zero-order valence-electron chi connectivity index (χ0n) is 12.9. The number of piperidine rings is 1. The molecule has 0 aromatic heterocycles. The lowest BCUT2D eigenvalue weighted by molar-refractivity contribution is -0.139. The molecule has 118 valence electrons. The molecule has 2 saturated carbocycles. The van der Waals surface area contributed by atoms with Crippen LogP contribution < -0.4 is 11.1 Å². The second-order valence-electron chi connectivity index (χ2n) is 7.08. The lowest BCUT2D eigenvalue weighted by Crippen LogP contribution is -2.49. The van der Waals surface area contributed by atoms with Crippen LogP contribution >= 0.6 is 0 Å². The summed E-state index contributed by atoms with van der Waals surface area (Å²) in [6.45, 7) is 1.59. The van der Waals surface area contributed by atoms with E-state index in [1.54, 1.807) is 7.05 Å². The predicted molar refractivity (Wildman–Crippen MR) is 80.3 cm³/mol. The van der Waals surface area contributed by atoms with Crippen LogP contribution in [0, 0.1) is 23.7 Å². The van der Waals surface area contributed by atoms with Gasteiger partial charge in [-0.25, -0.2) is 0 Å². The molecule has 3 aliphatic rings. The van der Waals surface area contributed by atoms with E-state index in [0.717, 1.165) is 32.4 Å². The fourth-order valence-corrected chi connectivity index (χ4v) is 4.63. The molecule has 4 unspecified atom stereocenters. The number of carbonyl (C=O) groups is 2. The first kappa shape index (κ1) is 14.8. The van der Waals surface area contributed by atoms with Crippen LogP contribution in [0.2, 0.25) is 0 Å². The van der Waals surface area contributed by atoms with Crippen molar-refractivity contribution in [3.63, 3.8) is 0 Å². The van der Waals surface area contributed by atoms with E-state index in [9.17, 15) is 9.59 Å². The van der Waals surface area contributed by atoms with Gasteiger partial charge in [0.1, 0.15) is 0 Å². The second kappa shape index (κ2) is 5.95. The molecular weight excluding hydrogens is 266 g/mol. The summed E-state index contributed by atoms with van der Waals surface area (Å²) >= 11 is 0. The number of likely N-dealkylation sites (tertiary alicyclic amines) is 1. The second-order valence-corrected chi connectivity index (χ2v) is 7.08. The third-order valence-corrected chi connectivity index (χ3v) is 5.94. The Labute approximate surface area is 126 Å². The largest absolute Gasteiger partial charge is 0.359 e. The smallest absolute Gasteiger partial charge is 0.227 e. The molecule has 5 nitrogen and oxygen atoms in total. The average Bonchev–Trinajstić information content (AvgIpc) is 3.08. The molecule has 2 bridgehead atoms. The molecule has 1 aliphatic heterocycles. The van der Waals surface area contributed by atoms with Crippen molar-refractivity contribution in [2.75, 3.05) is 20.1 Å². The maximum Gasteiger partial charge on any atom is 0.227 e. The summed E-state index contributed by atoms with van der Waals surface area (Å²) < 4.78 is 0. The molecule has 2 amide bonds. The number of carbonyl (C=O) groups excluding carboxylic acids is 2. The molecule has 0 spiro atoms. The monoisotopic (exact) mass is 293 g/mol. The summed E-state index contributed by atoms with van der Waals surface area (Å²) in [6.07, 6.45) is 6.02. The third kappa shape index (κ3) is 2.80. The fourth-order valence-electron chi connectivity index (χ4n) is 4.63. The summed E-state index contributed by atoms with van der Waals surface area (Å²) in [5, 5.41) is 2.68. The normalized spacial score (nSPS) is 36.0. The van der Waals surface area contributed by atoms with Crippen molar-refractivity contribution < 1.29 is 9.59 Å². The topological polar surface area (TPSA) is 75.4 Å². The van der Waals surface area contributed by atoms with Gasteiger partial charge in [0, 0.05) is 32.6 Å². The summed E-state index contributed by atoms with van der Waals surface area (Å²) in [5.41, 5.74) is 6.28. The summed E-state index contributed by atoms with van der Waals surface area (Å²) in [7, 11) is 1.68. The highest BCUT2D eigenvalue weighted by atomic mass is 16.2. The van der Waals surface area contributed by atoms with Crippen molar-refractivity contribution >= 4 is 11.8 Å². The number of amides is 2. The number of nitrogens with zero attached hydrogens (tertiary/aromatic N) is 1. The van der Waals surface area contributed by atoms with Gasteiger partial charge in [0.15, 0.2) is 0 Å². The molecule has 1 heterocycles. The number of rotatable bonds is 3. The van der Waals surface area contributed by atoms with Crippen LogP contribution in [0.3, 0.4) is 0 Å². The van der Waals surface area contributed by atoms with E-state index in [-0.39, 0.29) is 23.8 Å². The first-order valence-corrected chi connectivity index (χ1v) is 8.35. The van der Waals surface area contributed by atoms with Crippen molar-refractivity contribution in [2.24, 2.45) is 29.4 Å². The van der Waals surface area contributed by atoms with Gasteiger partial charge in [0.05, 0.1) is 5.92 Å². The Morgan fingerprint density at radius 2 is 1.81 bits per heavy atom. The van der Waals surface area contributed by atoms with Crippen molar-refractivity contribution in [1.29, 1.82) is 0 Å². The molecule has 5 heteroatoms. The van der Waals surface area contributed by atoms with Crippen LogP contribution in [-0.4, -0.2) is 42.9 Å². The van der Waals surface area contributed by atoms with Crippen molar-refractivity contribution in [3.8, 4) is 0 Å². The molecule has 3 rings (SSSR count). The number of fused-ring (bicyclic) bond motifs is 2. The highest BCUT2D eigenvalue weighted by molar-refractivity contribution is 5.81. The van der Waals surface area contributed by atoms with Gasteiger partial charge in [0.2, 0.25) is 11.8 Å². The van der Waals surface area contributed by atoms with Gasteiger partial charge in [-0.2, -0.15) is 0 Å².